The van der Waals surface area contributed by atoms with E-state index in [1.165, 1.54) is 12.1 Å². The number of aromatic nitrogens is 1. The van der Waals surface area contributed by atoms with Gasteiger partial charge in [0, 0.05) is 36.1 Å². The molecule has 0 atom stereocenters. The molecule has 0 spiro atoms. The van der Waals surface area contributed by atoms with Gasteiger partial charge in [0.2, 0.25) is 5.91 Å². The summed E-state index contributed by atoms with van der Waals surface area (Å²) in [6.45, 7) is 0.510. The highest BCUT2D eigenvalue weighted by molar-refractivity contribution is 6.30. The van der Waals surface area contributed by atoms with Crippen molar-refractivity contribution in [2.75, 3.05) is 16.8 Å². The SMILES string of the molecule is Cn1c(C(=O)Nc2ccc(Cl)cc2)c(N2CCCC2=O)c2cc(F)ccc21. The highest BCUT2D eigenvalue weighted by atomic mass is 35.5. The Hall–Kier alpha value is -2.86. The first-order valence-electron chi connectivity index (χ1n) is 8.61. The third-order valence-corrected chi connectivity index (χ3v) is 5.05. The van der Waals surface area contributed by atoms with Gasteiger partial charge in [0.05, 0.1) is 11.2 Å². The largest absolute Gasteiger partial charge is 0.338 e. The smallest absolute Gasteiger partial charge is 0.274 e. The molecule has 1 aliphatic rings. The Labute approximate surface area is 160 Å². The van der Waals surface area contributed by atoms with E-state index < -0.39 is 5.82 Å². The van der Waals surface area contributed by atoms with Gasteiger partial charge < -0.3 is 14.8 Å². The Morgan fingerprint density at radius 1 is 1.19 bits per heavy atom. The van der Waals surface area contributed by atoms with E-state index in [4.69, 9.17) is 11.6 Å². The number of rotatable bonds is 3. The number of aryl methyl sites for hydroxylation is 1. The molecule has 0 bridgehead atoms. The Kier molecular flexibility index (Phi) is 4.36. The molecule has 138 valence electrons. The molecule has 1 N–H and O–H groups in total. The number of anilines is 2. The number of amides is 2. The summed E-state index contributed by atoms with van der Waals surface area (Å²) in [4.78, 5) is 27.0. The normalized spacial score (nSPS) is 14.2. The molecule has 1 fully saturated rings. The van der Waals surface area contributed by atoms with Crippen LogP contribution in [-0.4, -0.2) is 22.9 Å². The highest BCUT2D eigenvalue weighted by Gasteiger charge is 2.31. The summed E-state index contributed by atoms with van der Waals surface area (Å²) in [5, 5.41) is 3.95. The van der Waals surface area contributed by atoms with E-state index in [0.29, 0.717) is 52.4 Å². The van der Waals surface area contributed by atoms with Crippen molar-refractivity contribution in [1.29, 1.82) is 0 Å². The number of nitrogens with zero attached hydrogens (tertiary/aromatic N) is 2. The van der Waals surface area contributed by atoms with E-state index in [-0.39, 0.29) is 11.8 Å². The van der Waals surface area contributed by atoms with Crippen LogP contribution >= 0.6 is 11.6 Å². The predicted molar refractivity (Wildman–Crippen MR) is 104 cm³/mol. The number of carbonyl (C=O) groups excluding carboxylic acids is 2. The zero-order chi connectivity index (χ0) is 19.1. The van der Waals surface area contributed by atoms with Crippen molar-refractivity contribution in [3.63, 3.8) is 0 Å². The molecular formula is C20H17ClFN3O2. The minimum atomic E-state index is -0.411. The number of halogens is 2. The number of hydrogen-bond donors (Lipinski definition) is 1. The fraction of sp³-hybridized carbons (Fsp3) is 0.200. The van der Waals surface area contributed by atoms with Crippen LogP contribution in [0.25, 0.3) is 10.9 Å². The molecule has 0 saturated carbocycles. The van der Waals surface area contributed by atoms with Crippen LogP contribution in [-0.2, 0) is 11.8 Å². The van der Waals surface area contributed by atoms with E-state index in [1.807, 2.05) is 0 Å². The first kappa shape index (κ1) is 17.5. The zero-order valence-corrected chi connectivity index (χ0v) is 15.4. The number of fused-ring (bicyclic) bond motifs is 1. The number of carbonyl (C=O) groups is 2. The Balaban J connectivity index is 1.85. The van der Waals surface area contributed by atoms with Crippen LogP contribution in [0, 0.1) is 5.82 Å². The summed E-state index contributed by atoms with van der Waals surface area (Å²) in [6, 6.07) is 11.1. The molecule has 0 unspecified atom stereocenters. The average molecular weight is 386 g/mol. The summed E-state index contributed by atoms with van der Waals surface area (Å²) in [5.74, 6) is -0.843. The van der Waals surface area contributed by atoms with Crippen molar-refractivity contribution in [2.24, 2.45) is 7.05 Å². The van der Waals surface area contributed by atoms with E-state index in [2.05, 4.69) is 5.32 Å². The first-order chi connectivity index (χ1) is 13.0. The maximum absolute atomic E-state index is 13.9. The second-order valence-corrected chi connectivity index (χ2v) is 6.96. The van der Waals surface area contributed by atoms with Gasteiger partial charge in [-0.1, -0.05) is 11.6 Å². The Bertz CT molecular complexity index is 1060. The third kappa shape index (κ3) is 3.06. The molecule has 0 aliphatic carbocycles. The van der Waals surface area contributed by atoms with Crippen LogP contribution in [0.1, 0.15) is 23.3 Å². The minimum absolute atomic E-state index is 0.0627. The predicted octanol–water partition coefficient (Wildman–Crippen LogP) is 4.35. The second kappa shape index (κ2) is 6.70. The van der Waals surface area contributed by atoms with Crippen LogP contribution in [0.5, 0.6) is 0 Å². The molecule has 2 aromatic carbocycles. The van der Waals surface area contributed by atoms with Gasteiger partial charge >= 0.3 is 0 Å². The van der Waals surface area contributed by atoms with Crippen LogP contribution in [0.4, 0.5) is 15.8 Å². The van der Waals surface area contributed by atoms with Crippen LogP contribution < -0.4 is 10.2 Å². The fourth-order valence-corrected chi connectivity index (χ4v) is 3.66. The molecule has 4 rings (SSSR count). The van der Waals surface area contributed by atoms with Crippen LogP contribution in [0.3, 0.4) is 0 Å². The van der Waals surface area contributed by atoms with Gasteiger partial charge in [-0.05, 0) is 48.9 Å². The lowest BCUT2D eigenvalue weighted by Gasteiger charge is -2.18. The van der Waals surface area contributed by atoms with E-state index in [0.717, 1.165) is 0 Å². The van der Waals surface area contributed by atoms with Gasteiger partial charge in [-0.3, -0.25) is 9.59 Å². The van der Waals surface area contributed by atoms with Gasteiger partial charge in [-0.2, -0.15) is 0 Å². The van der Waals surface area contributed by atoms with Crippen molar-refractivity contribution < 1.29 is 14.0 Å². The van der Waals surface area contributed by atoms with E-state index in [1.54, 1.807) is 46.8 Å². The Morgan fingerprint density at radius 2 is 1.93 bits per heavy atom. The summed E-state index contributed by atoms with van der Waals surface area (Å²) in [6.07, 6.45) is 1.13. The molecule has 0 radical (unpaired) electrons. The van der Waals surface area contributed by atoms with Crippen molar-refractivity contribution in [2.45, 2.75) is 12.8 Å². The van der Waals surface area contributed by atoms with Gasteiger partial charge in [-0.25, -0.2) is 4.39 Å². The molecule has 5 nitrogen and oxygen atoms in total. The summed E-state index contributed by atoms with van der Waals surface area (Å²) < 4.78 is 15.6. The van der Waals surface area contributed by atoms with Crippen molar-refractivity contribution in [3.05, 3.63) is 59.0 Å². The number of hydrogen-bond acceptors (Lipinski definition) is 2. The maximum atomic E-state index is 13.9. The lowest BCUT2D eigenvalue weighted by molar-refractivity contribution is -0.117. The molecule has 3 aromatic rings. The monoisotopic (exact) mass is 385 g/mol. The van der Waals surface area contributed by atoms with Crippen LogP contribution in [0.15, 0.2) is 42.5 Å². The number of nitrogens with one attached hydrogen (secondary N) is 1. The lowest BCUT2D eigenvalue weighted by Crippen LogP contribution is -2.27. The zero-order valence-electron chi connectivity index (χ0n) is 14.6. The van der Waals surface area contributed by atoms with E-state index >= 15 is 0 Å². The molecule has 2 amide bonds. The highest BCUT2D eigenvalue weighted by Crippen LogP contribution is 2.36. The molecule has 7 heteroatoms. The molecule has 2 heterocycles. The quantitative estimate of drug-likeness (QED) is 0.728. The van der Waals surface area contributed by atoms with Gasteiger partial charge in [0.15, 0.2) is 0 Å². The fourth-order valence-electron chi connectivity index (χ4n) is 3.54. The third-order valence-electron chi connectivity index (χ3n) is 4.80. The van der Waals surface area contributed by atoms with Crippen molar-refractivity contribution in [3.8, 4) is 0 Å². The second-order valence-electron chi connectivity index (χ2n) is 6.53. The van der Waals surface area contributed by atoms with E-state index in [9.17, 15) is 14.0 Å². The first-order valence-corrected chi connectivity index (χ1v) is 8.99. The number of benzene rings is 2. The lowest BCUT2D eigenvalue weighted by atomic mass is 10.2. The summed E-state index contributed by atoms with van der Waals surface area (Å²) in [7, 11) is 1.74. The Morgan fingerprint density at radius 3 is 2.59 bits per heavy atom. The topological polar surface area (TPSA) is 54.3 Å². The average Bonchev–Trinajstić information content (AvgIpc) is 3.17. The van der Waals surface area contributed by atoms with Gasteiger partial charge in [0.25, 0.3) is 5.91 Å². The summed E-state index contributed by atoms with van der Waals surface area (Å²) in [5.41, 5.74) is 2.05. The minimum Gasteiger partial charge on any atom is -0.338 e. The molecule has 1 saturated heterocycles. The summed E-state index contributed by atoms with van der Waals surface area (Å²) >= 11 is 5.89. The molecular weight excluding hydrogens is 369 g/mol. The molecule has 1 aliphatic heterocycles. The van der Waals surface area contributed by atoms with Gasteiger partial charge in [-0.15, -0.1) is 0 Å². The van der Waals surface area contributed by atoms with Gasteiger partial charge in [0.1, 0.15) is 11.5 Å². The van der Waals surface area contributed by atoms with Crippen molar-refractivity contribution >= 4 is 45.7 Å². The standard InChI is InChI=1S/C20H17ClFN3O2/c1-24-16-9-6-13(22)11-15(16)18(25-10-2-3-17(25)26)19(24)20(27)23-14-7-4-12(21)5-8-14/h4-9,11H,2-3,10H2,1H3,(H,23,27). The molecule has 27 heavy (non-hydrogen) atoms. The maximum Gasteiger partial charge on any atom is 0.274 e. The van der Waals surface area contributed by atoms with Crippen molar-refractivity contribution in [1.82, 2.24) is 4.57 Å². The van der Waals surface area contributed by atoms with Crippen LogP contribution in [0.2, 0.25) is 5.02 Å². The molecule has 1 aromatic heterocycles.